The average molecular weight is 403 g/mol. The fourth-order valence-electron chi connectivity index (χ4n) is 2.64. The van der Waals surface area contributed by atoms with E-state index >= 15 is 0 Å². The van der Waals surface area contributed by atoms with Crippen molar-refractivity contribution in [1.29, 1.82) is 0 Å². The van der Waals surface area contributed by atoms with Gasteiger partial charge in [-0.3, -0.25) is 19.4 Å². The Morgan fingerprint density at radius 1 is 0.920 bits per heavy atom. The molecule has 0 atom stereocenters. The Morgan fingerprint density at radius 2 is 1.56 bits per heavy atom. The summed E-state index contributed by atoms with van der Waals surface area (Å²) in [5.74, 6) is -1.11. The summed E-state index contributed by atoms with van der Waals surface area (Å²) in [6.07, 6.45) is 0. The molecule has 25 heavy (non-hydrogen) atoms. The fraction of sp³-hybridized carbons (Fsp3) is 0.167. The van der Waals surface area contributed by atoms with E-state index in [1.165, 1.54) is 7.11 Å². The lowest BCUT2D eigenvalue weighted by Crippen LogP contribution is -2.32. The van der Waals surface area contributed by atoms with Gasteiger partial charge in [0.05, 0.1) is 20.2 Å². The second kappa shape index (κ2) is 7.06. The van der Waals surface area contributed by atoms with Gasteiger partial charge in [-0.25, -0.2) is 4.79 Å². The molecule has 0 unspecified atom stereocenters. The van der Waals surface area contributed by atoms with Crippen LogP contribution in [0, 0.1) is 0 Å². The molecule has 1 aliphatic rings. The third-order valence-electron chi connectivity index (χ3n) is 3.89. The number of urea groups is 1. The van der Waals surface area contributed by atoms with E-state index in [1.807, 2.05) is 18.2 Å². The van der Waals surface area contributed by atoms with Crippen molar-refractivity contribution in [2.45, 2.75) is 13.1 Å². The number of hydrogen-bond donors (Lipinski definition) is 0. The van der Waals surface area contributed by atoms with Gasteiger partial charge >= 0.3 is 17.8 Å². The van der Waals surface area contributed by atoms with Crippen LogP contribution in [0.1, 0.15) is 11.1 Å². The first-order valence-electron chi connectivity index (χ1n) is 7.55. The zero-order valence-electron chi connectivity index (χ0n) is 13.4. The molecule has 0 aromatic heterocycles. The van der Waals surface area contributed by atoms with Crippen LogP contribution < -0.4 is 4.74 Å². The highest BCUT2D eigenvalue weighted by molar-refractivity contribution is 9.10. The van der Waals surface area contributed by atoms with Gasteiger partial charge < -0.3 is 4.74 Å². The summed E-state index contributed by atoms with van der Waals surface area (Å²) in [5, 5.41) is 0. The molecule has 0 bridgehead atoms. The van der Waals surface area contributed by atoms with Gasteiger partial charge in [0.25, 0.3) is 0 Å². The topological polar surface area (TPSA) is 66.9 Å². The van der Waals surface area contributed by atoms with E-state index in [9.17, 15) is 14.4 Å². The molecule has 0 N–H and O–H groups in total. The summed E-state index contributed by atoms with van der Waals surface area (Å²) >= 11 is 3.35. The lowest BCUT2D eigenvalue weighted by atomic mass is 10.2. The first-order valence-corrected chi connectivity index (χ1v) is 8.34. The van der Waals surface area contributed by atoms with Crippen molar-refractivity contribution < 1.29 is 19.1 Å². The summed E-state index contributed by atoms with van der Waals surface area (Å²) in [6.45, 7) is 0.0354. The number of carbonyl (C=O) groups is 3. The molecule has 0 spiro atoms. The first kappa shape index (κ1) is 17.2. The molecule has 0 aliphatic carbocycles. The van der Waals surface area contributed by atoms with Gasteiger partial charge in [-0.15, -0.1) is 0 Å². The first-order chi connectivity index (χ1) is 12.0. The van der Waals surface area contributed by atoms with Gasteiger partial charge in [0, 0.05) is 10.0 Å². The van der Waals surface area contributed by atoms with Crippen LogP contribution in [0.5, 0.6) is 5.75 Å². The third kappa shape index (κ3) is 3.41. The number of carbonyl (C=O) groups excluding carboxylic acids is 3. The predicted octanol–water partition coefficient (Wildman–Crippen LogP) is 2.95. The van der Waals surface area contributed by atoms with Crippen LogP contribution in [0.2, 0.25) is 0 Å². The zero-order chi connectivity index (χ0) is 18.0. The van der Waals surface area contributed by atoms with Crippen molar-refractivity contribution in [3.63, 3.8) is 0 Å². The number of benzene rings is 2. The summed E-state index contributed by atoms with van der Waals surface area (Å²) in [7, 11) is 1.51. The smallest absolute Gasteiger partial charge is 0.334 e. The summed E-state index contributed by atoms with van der Waals surface area (Å²) in [4.78, 5) is 39.0. The van der Waals surface area contributed by atoms with Crippen LogP contribution in [0.25, 0.3) is 0 Å². The van der Waals surface area contributed by atoms with Crippen molar-refractivity contribution >= 4 is 33.8 Å². The number of nitrogens with zero attached hydrogens (tertiary/aromatic N) is 2. The number of imide groups is 2. The van der Waals surface area contributed by atoms with Crippen LogP contribution in [0.15, 0.2) is 53.0 Å². The minimum absolute atomic E-state index is 0.0304. The quantitative estimate of drug-likeness (QED) is 0.569. The van der Waals surface area contributed by atoms with Crippen LogP contribution in [0.4, 0.5) is 4.79 Å². The van der Waals surface area contributed by atoms with Crippen LogP contribution in [0.3, 0.4) is 0 Å². The van der Waals surface area contributed by atoms with Gasteiger partial charge in [-0.05, 0) is 23.8 Å². The highest BCUT2D eigenvalue weighted by atomic mass is 79.9. The maximum absolute atomic E-state index is 12.6. The fourth-order valence-corrected chi connectivity index (χ4v) is 3.04. The zero-order valence-corrected chi connectivity index (χ0v) is 15.0. The van der Waals surface area contributed by atoms with Gasteiger partial charge in [0.15, 0.2) is 0 Å². The number of halogens is 1. The van der Waals surface area contributed by atoms with Crippen molar-refractivity contribution in [2.75, 3.05) is 7.11 Å². The molecule has 6 nitrogen and oxygen atoms in total. The molecule has 1 heterocycles. The Balaban J connectivity index is 1.84. The Kier molecular flexibility index (Phi) is 4.85. The monoisotopic (exact) mass is 402 g/mol. The number of methoxy groups -OCH3 is 1. The van der Waals surface area contributed by atoms with Crippen molar-refractivity contribution in [2.24, 2.45) is 0 Å². The molecule has 1 saturated heterocycles. The number of ether oxygens (including phenoxy) is 1. The van der Waals surface area contributed by atoms with Crippen molar-refractivity contribution in [3.8, 4) is 5.75 Å². The Labute approximate surface area is 153 Å². The number of hydrogen-bond acceptors (Lipinski definition) is 4. The average Bonchev–Trinajstić information content (AvgIpc) is 2.81. The SMILES string of the molecule is COc1ccc(Br)cc1CN1C(=O)C(=O)N(Cc2ccccc2)C1=O. The Morgan fingerprint density at radius 3 is 2.20 bits per heavy atom. The van der Waals surface area contributed by atoms with Gasteiger partial charge in [0.2, 0.25) is 0 Å². The Hall–Kier alpha value is -2.67. The van der Waals surface area contributed by atoms with Gasteiger partial charge in [-0.2, -0.15) is 0 Å². The van der Waals surface area contributed by atoms with Crippen LogP contribution in [-0.2, 0) is 22.7 Å². The van der Waals surface area contributed by atoms with E-state index < -0.39 is 17.8 Å². The lowest BCUT2D eigenvalue weighted by Gasteiger charge is -2.17. The minimum atomic E-state index is -0.831. The normalized spacial score (nSPS) is 14.4. The minimum Gasteiger partial charge on any atom is -0.496 e. The van der Waals surface area contributed by atoms with Gasteiger partial charge in [-0.1, -0.05) is 46.3 Å². The molecule has 1 aliphatic heterocycles. The standard InChI is InChI=1S/C18H15BrN2O4/c1-25-15-8-7-14(19)9-13(15)11-21-17(23)16(22)20(18(21)24)10-12-5-3-2-4-6-12/h2-9H,10-11H2,1H3. The van der Waals surface area contributed by atoms with E-state index in [-0.39, 0.29) is 13.1 Å². The maximum atomic E-state index is 12.6. The van der Waals surface area contributed by atoms with E-state index in [1.54, 1.807) is 30.3 Å². The molecule has 2 aromatic carbocycles. The largest absolute Gasteiger partial charge is 0.496 e. The summed E-state index contributed by atoms with van der Waals surface area (Å²) in [5.41, 5.74) is 1.41. The second-order valence-corrected chi connectivity index (χ2v) is 6.42. The molecule has 0 saturated carbocycles. The molecule has 3 rings (SSSR count). The highest BCUT2D eigenvalue weighted by Gasteiger charge is 2.44. The van der Waals surface area contributed by atoms with E-state index in [0.29, 0.717) is 11.3 Å². The highest BCUT2D eigenvalue weighted by Crippen LogP contribution is 2.26. The van der Waals surface area contributed by atoms with Gasteiger partial charge in [0.1, 0.15) is 5.75 Å². The Bertz CT molecular complexity index is 838. The van der Waals surface area contributed by atoms with Crippen LogP contribution >= 0.6 is 15.9 Å². The van der Waals surface area contributed by atoms with Crippen LogP contribution in [-0.4, -0.2) is 34.8 Å². The number of rotatable bonds is 5. The third-order valence-corrected chi connectivity index (χ3v) is 4.38. The summed E-state index contributed by atoms with van der Waals surface area (Å²) < 4.78 is 6.05. The molecule has 1 fully saturated rings. The van der Waals surface area contributed by atoms with E-state index in [0.717, 1.165) is 19.8 Å². The van der Waals surface area contributed by atoms with E-state index in [4.69, 9.17) is 4.74 Å². The molecule has 128 valence electrons. The molecular formula is C18H15BrN2O4. The van der Waals surface area contributed by atoms with Crippen molar-refractivity contribution in [3.05, 3.63) is 64.1 Å². The molecular weight excluding hydrogens is 388 g/mol. The van der Waals surface area contributed by atoms with E-state index in [2.05, 4.69) is 15.9 Å². The molecule has 2 aromatic rings. The van der Waals surface area contributed by atoms with Crippen molar-refractivity contribution in [1.82, 2.24) is 9.80 Å². The molecule has 0 radical (unpaired) electrons. The molecule has 7 heteroatoms. The summed E-state index contributed by atoms with van der Waals surface area (Å²) in [6, 6.07) is 13.7. The molecule has 4 amide bonds. The predicted molar refractivity (Wildman–Crippen MR) is 93.6 cm³/mol. The lowest BCUT2D eigenvalue weighted by molar-refractivity contribution is -0.143. The second-order valence-electron chi connectivity index (χ2n) is 5.51. The number of amides is 4. The maximum Gasteiger partial charge on any atom is 0.334 e.